The number of carbonyl (C=O) groups excluding carboxylic acids is 3. The minimum Gasteiger partial charge on any atom is -0.324 e. The molecule has 6 rings (SSSR count). The highest BCUT2D eigenvalue weighted by Crippen LogP contribution is 2.65. The van der Waals surface area contributed by atoms with Gasteiger partial charge in [0.2, 0.25) is 17.7 Å². The van der Waals surface area contributed by atoms with Crippen LogP contribution in [0.3, 0.4) is 0 Å². The summed E-state index contributed by atoms with van der Waals surface area (Å²) in [6.07, 6.45) is 0.456. The van der Waals surface area contributed by atoms with Crippen molar-refractivity contribution in [2.24, 2.45) is 35.5 Å². The van der Waals surface area contributed by atoms with Gasteiger partial charge in [-0.05, 0) is 42.2 Å². The van der Waals surface area contributed by atoms with E-state index in [4.69, 9.17) is 0 Å². The van der Waals surface area contributed by atoms with E-state index in [1.54, 1.807) is 0 Å². The molecule has 28 heavy (non-hydrogen) atoms. The Morgan fingerprint density at radius 3 is 2.18 bits per heavy atom. The standard InChI is InChI=1S/C20H17F3N2O3/c21-20(22,23)13-3-1-2-4-14(13)24-15(26)8-25-18(27)16-9-5-6-10(12-7-11(9)12)17(16)19(25)28/h1-6,9-12,16-17H,7-8H2,(H,24,26). The Bertz CT molecular complexity index is 890. The number of nitrogens with zero attached hydrogens (tertiary/aromatic N) is 1. The van der Waals surface area contributed by atoms with Crippen LogP contribution in [0.25, 0.3) is 0 Å². The molecular formula is C20H17F3N2O3. The zero-order valence-corrected chi connectivity index (χ0v) is 14.6. The molecule has 1 N–H and O–H groups in total. The Kier molecular flexibility index (Phi) is 3.54. The highest BCUT2D eigenvalue weighted by atomic mass is 19.4. The summed E-state index contributed by atoms with van der Waals surface area (Å²) in [5.41, 5.74) is -1.36. The smallest absolute Gasteiger partial charge is 0.324 e. The number of hydrogen-bond donors (Lipinski definition) is 1. The van der Waals surface area contributed by atoms with E-state index in [0.29, 0.717) is 11.8 Å². The summed E-state index contributed by atoms with van der Waals surface area (Å²) in [7, 11) is 0. The second kappa shape index (κ2) is 5.68. The maximum atomic E-state index is 13.1. The number of hydrogen-bond acceptors (Lipinski definition) is 3. The fourth-order valence-electron chi connectivity index (χ4n) is 5.35. The Labute approximate surface area is 158 Å². The van der Waals surface area contributed by atoms with Gasteiger partial charge in [0.25, 0.3) is 0 Å². The van der Waals surface area contributed by atoms with Crippen molar-refractivity contribution in [3.05, 3.63) is 42.0 Å². The molecule has 0 aromatic heterocycles. The van der Waals surface area contributed by atoms with Crippen molar-refractivity contribution < 1.29 is 27.6 Å². The van der Waals surface area contributed by atoms with E-state index in [1.165, 1.54) is 12.1 Å². The first-order valence-electron chi connectivity index (χ1n) is 9.27. The molecule has 4 aliphatic carbocycles. The van der Waals surface area contributed by atoms with Crippen LogP contribution in [0, 0.1) is 35.5 Å². The molecular weight excluding hydrogens is 373 g/mol. The van der Waals surface area contributed by atoms with E-state index in [9.17, 15) is 27.6 Å². The molecule has 146 valence electrons. The number of alkyl halides is 3. The van der Waals surface area contributed by atoms with Gasteiger partial charge in [-0.2, -0.15) is 13.2 Å². The minimum atomic E-state index is -4.62. The van der Waals surface area contributed by atoms with Gasteiger partial charge < -0.3 is 5.32 Å². The van der Waals surface area contributed by atoms with Gasteiger partial charge in [0.1, 0.15) is 6.54 Å². The van der Waals surface area contributed by atoms with Crippen LogP contribution in [0.4, 0.5) is 18.9 Å². The largest absolute Gasteiger partial charge is 0.418 e. The average molecular weight is 390 g/mol. The van der Waals surface area contributed by atoms with Gasteiger partial charge in [0.05, 0.1) is 23.1 Å². The Balaban J connectivity index is 1.33. The van der Waals surface area contributed by atoms with Crippen LogP contribution in [-0.4, -0.2) is 29.2 Å². The summed E-state index contributed by atoms with van der Waals surface area (Å²) >= 11 is 0. The first-order valence-corrected chi connectivity index (χ1v) is 9.27. The molecule has 3 amide bonds. The SMILES string of the molecule is O=C(CN1C(=O)C2C3C=CC(C4CC34)C2C1=O)Nc1ccccc1C(F)(F)F. The number of nitrogens with one attached hydrogen (secondary N) is 1. The number of para-hydroxylation sites is 1. The van der Waals surface area contributed by atoms with Gasteiger partial charge in [-0.3, -0.25) is 19.3 Å². The average Bonchev–Trinajstić information content (AvgIpc) is 3.42. The molecule has 1 heterocycles. The third kappa shape index (κ3) is 2.43. The van der Waals surface area contributed by atoms with Crippen LogP contribution in [0.2, 0.25) is 0 Å². The molecule has 5 nitrogen and oxygen atoms in total. The summed E-state index contributed by atoms with van der Waals surface area (Å²) in [5, 5.41) is 2.20. The Hall–Kier alpha value is -2.64. The maximum Gasteiger partial charge on any atom is 0.418 e. The van der Waals surface area contributed by atoms with E-state index >= 15 is 0 Å². The molecule has 2 bridgehead atoms. The second-order valence-corrected chi connectivity index (χ2v) is 8.01. The maximum absolute atomic E-state index is 13.1. The third-order valence-electron chi connectivity index (χ3n) is 6.56. The van der Waals surface area contributed by atoms with Crippen molar-refractivity contribution >= 4 is 23.4 Å². The number of likely N-dealkylation sites (tertiary alicyclic amines) is 1. The van der Waals surface area contributed by atoms with Gasteiger partial charge in [-0.25, -0.2) is 0 Å². The predicted molar refractivity (Wildman–Crippen MR) is 91.5 cm³/mol. The van der Waals surface area contributed by atoms with E-state index in [0.717, 1.165) is 23.5 Å². The van der Waals surface area contributed by atoms with E-state index in [-0.39, 0.29) is 29.3 Å². The van der Waals surface area contributed by atoms with Crippen LogP contribution < -0.4 is 5.32 Å². The number of rotatable bonds is 3. The molecule has 6 unspecified atom stereocenters. The van der Waals surface area contributed by atoms with Crippen molar-refractivity contribution in [2.75, 3.05) is 11.9 Å². The summed E-state index contributed by atoms with van der Waals surface area (Å²) in [6, 6.07) is 4.61. The number of amides is 3. The van der Waals surface area contributed by atoms with E-state index < -0.39 is 36.0 Å². The highest BCUT2D eigenvalue weighted by molar-refractivity contribution is 6.09. The number of allylic oxidation sites excluding steroid dienone is 2. The van der Waals surface area contributed by atoms with E-state index in [1.807, 2.05) is 12.2 Å². The lowest BCUT2D eigenvalue weighted by Gasteiger charge is -2.37. The first kappa shape index (κ1) is 17.5. The lowest BCUT2D eigenvalue weighted by Crippen LogP contribution is -2.40. The molecule has 0 radical (unpaired) electrons. The molecule has 5 aliphatic rings. The van der Waals surface area contributed by atoms with Gasteiger partial charge >= 0.3 is 6.18 Å². The van der Waals surface area contributed by atoms with E-state index in [2.05, 4.69) is 5.32 Å². The van der Waals surface area contributed by atoms with Crippen LogP contribution >= 0.6 is 0 Å². The molecule has 1 aliphatic heterocycles. The number of carbonyl (C=O) groups is 3. The molecule has 1 aromatic carbocycles. The normalized spacial score (nSPS) is 35.0. The zero-order valence-electron chi connectivity index (χ0n) is 14.6. The summed E-state index contributed by atoms with van der Waals surface area (Å²) in [6.45, 7) is -0.564. The summed E-state index contributed by atoms with van der Waals surface area (Å²) < 4.78 is 39.3. The molecule has 2 saturated carbocycles. The molecule has 6 atom stereocenters. The third-order valence-corrected chi connectivity index (χ3v) is 6.56. The Morgan fingerprint density at radius 1 is 1.04 bits per heavy atom. The van der Waals surface area contributed by atoms with Crippen molar-refractivity contribution in [1.82, 2.24) is 4.90 Å². The van der Waals surface area contributed by atoms with Crippen molar-refractivity contribution in [3.8, 4) is 0 Å². The van der Waals surface area contributed by atoms with Crippen LogP contribution in [-0.2, 0) is 20.6 Å². The first-order chi connectivity index (χ1) is 13.3. The van der Waals surface area contributed by atoms with Crippen molar-refractivity contribution in [1.29, 1.82) is 0 Å². The van der Waals surface area contributed by atoms with Gasteiger partial charge in [-0.15, -0.1) is 0 Å². The van der Waals surface area contributed by atoms with Crippen molar-refractivity contribution in [3.63, 3.8) is 0 Å². The molecule has 1 aromatic rings. The lowest BCUT2D eigenvalue weighted by molar-refractivity contribution is -0.143. The molecule has 1 saturated heterocycles. The van der Waals surface area contributed by atoms with Crippen molar-refractivity contribution in [2.45, 2.75) is 12.6 Å². The number of halogens is 3. The van der Waals surface area contributed by atoms with Crippen LogP contribution in [0.5, 0.6) is 0 Å². The van der Waals surface area contributed by atoms with Gasteiger partial charge in [0.15, 0.2) is 0 Å². The minimum absolute atomic E-state index is 0.0375. The quantitative estimate of drug-likeness (QED) is 0.638. The van der Waals surface area contributed by atoms with Crippen LogP contribution in [0.15, 0.2) is 36.4 Å². The fourth-order valence-corrected chi connectivity index (χ4v) is 5.35. The monoisotopic (exact) mass is 390 g/mol. The topological polar surface area (TPSA) is 66.5 Å². The Morgan fingerprint density at radius 2 is 1.61 bits per heavy atom. The molecule has 8 heteroatoms. The molecule has 0 spiro atoms. The summed E-state index contributed by atoms with van der Waals surface area (Å²) in [4.78, 5) is 38.9. The van der Waals surface area contributed by atoms with Crippen LogP contribution in [0.1, 0.15) is 12.0 Å². The number of benzene rings is 1. The second-order valence-electron chi connectivity index (χ2n) is 8.01. The number of anilines is 1. The lowest BCUT2D eigenvalue weighted by atomic mass is 9.63. The van der Waals surface area contributed by atoms with Gasteiger partial charge in [0, 0.05) is 0 Å². The zero-order chi connectivity index (χ0) is 19.8. The van der Waals surface area contributed by atoms with Gasteiger partial charge in [-0.1, -0.05) is 24.3 Å². The number of imide groups is 1. The fraction of sp³-hybridized carbons (Fsp3) is 0.450. The summed E-state index contributed by atoms with van der Waals surface area (Å²) in [5.74, 6) is -1.46. The molecule has 3 fully saturated rings. The highest BCUT2D eigenvalue weighted by Gasteiger charge is 2.67. The predicted octanol–water partition coefficient (Wildman–Crippen LogP) is 2.70.